The van der Waals surface area contributed by atoms with Crippen LogP contribution in [-0.2, 0) is 5.54 Å². The number of rotatable bonds is 4. The topological polar surface area (TPSA) is 50.2 Å². The van der Waals surface area contributed by atoms with E-state index in [1.807, 2.05) is 28.4 Å². The lowest BCUT2D eigenvalue weighted by atomic mass is 10.0. The van der Waals surface area contributed by atoms with Crippen LogP contribution in [-0.4, -0.2) is 28.1 Å². The third kappa shape index (κ3) is 4.29. The summed E-state index contributed by atoms with van der Waals surface area (Å²) in [5.41, 5.74) is 2.84. The Bertz CT molecular complexity index is 1040. The van der Waals surface area contributed by atoms with Gasteiger partial charge in [-0.25, -0.2) is 4.98 Å². The van der Waals surface area contributed by atoms with Crippen LogP contribution in [0.25, 0.3) is 10.4 Å². The standard InChI is InChI=1S/C24H30N4OS/c1-17-10-11-20(25-16-17)27-14-12-19(13-15-27)26-21-22(18-8-6-5-7-9-18)30-28(23(21)29)24(2,3)4/h5-11,16,19,26H,12-15H2,1-4H3. The van der Waals surface area contributed by atoms with Crippen LogP contribution in [0.5, 0.6) is 0 Å². The van der Waals surface area contributed by atoms with Crippen molar-refractivity contribution in [3.8, 4) is 10.4 Å². The number of piperidine rings is 1. The number of aromatic nitrogens is 2. The van der Waals surface area contributed by atoms with Crippen LogP contribution in [0.15, 0.2) is 53.5 Å². The molecule has 1 saturated heterocycles. The van der Waals surface area contributed by atoms with E-state index in [0.717, 1.165) is 47.9 Å². The maximum atomic E-state index is 13.3. The fraction of sp³-hybridized carbons (Fsp3) is 0.417. The highest BCUT2D eigenvalue weighted by atomic mass is 32.1. The van der Waals surface area contributed by atoms with Crippen molar-refractivity contribution in [2.75, 3.05) is 23.3 Å². The maximum Gasteiger partial charge on any atom is 0.285 e. The van der Waals surface area contributed by atoms with E-state index >= 15 is 0 Å². The first-order valence-corrected chi connectivity index (χ1v) is 11.4. The van der Waals surface area contributed by atoms with E-state index < -0.39 is 0 Å². The first-order valence-electron chi connectivity index (χ1n) is 10.6. The van der Waals surface area contributed by atoms with E-state index in [4.69, 9.17) is 0 Å². The van der Waals surface area contributed by atoms with Gasteiger partial charge in [-0.1, -0.05) is 47.9 Å². The normalized spacial score (nSPS) is 15.4. The Balaban J connectivity index is 1.55. The molecule has 1 aromatic carbocycles. The molecule has 1 N–H and O–H groups in total. The van der Waals surface area contributed by atoms with Crippen molar-refractivity contribution in [2.45, 2.75) is 52.1 Å². The van der Waals surface area contributed by atoms with Crippen LogP contribution in [0.3, 0.4) is 0 Å². The molecular weight excluding hydrogens is 392 g/mol. The molecule has 6 heteroatoms. The number of nitrogens with zero attached hydrogens (tertiary/aromatic N) is 3. The summed E-state index contributed by atoms with van der Waals surface area (Å²) in [5, 5.41) is 3.62. The Morgan fingerprint density at radius 1 is 1.07 bits per heavy atom. The van der Waals surface area contributed by atoms with Gasteiger partial charge in [0.05, 0.1) is 10.4 Å². The Morgan fingerprint density at radius 3 is 2.37 bits per heavy atom. The van der Waals surface area contributed by atoms with E-state index in [9.17, 15) is 4.79 Å². The Morgan fingerprint density at radius 2 is 1.77 bits per heavy atom. The molecule has 5 nitrogen and oxygen atoms in total. The second-order valence-electron chi connectivity index (χ2n) is 9.03. The number of benzene rings is 1. The number of anilines is 2. The molecule has 0 atom stereocenters. The Labute approximate surface area is 182 Å². The quantitative estimate of drug-likeness (QED) is 0.634. The fourth-order valence-corrected chi connectivity index (χ4v) is 4.95. The zero-order valence-corrected chi connectivity index (χ0v) is 19.0. The van der Waals surface area contributed by atoms with Gasteiger partial charge in [0.2, 0.25) is 0 Å². The molecule has 3 heterocycles. The van der Waals surface area contributed by atoms with Crippen LogP contribution in [0.4, 0.5) is 11.5 Å². The second-order valence-corrected chi connectivity index (χ2v) is 9.99. The van der Waals surface area contributed by atoms with Crippen molar-refractivity contribution in [3.05, 3.63) is 64.6 Å². The van der Waals surface area contributed by atoms with Gasteiger partial charge in [-0.05, 0) is 57.7 Å². The van der Waals surface area contributed by atoms with E-state index in [1.165, 1.54) is 5.56 Å². The lowest BCUT2D eigenvalue weighted by molar-refractivity contribution is 0.419. The molecule has 0 amide bonds. The van der Waals surface area contributed by atoms with Gasteiger partial charge in [0.1, 0.15) is 11.5 Å². The van der Waals surface area contributed by atoms with Crippen molar-refractivity contribution in [1.82, 2.24) is 8.94 Å². The molecule has 30 heavy (non-hydrogen) atoms. The van der Waals surface area contributed by atoms with Crippen molar-refractivity contribution in [1.29, 1.82) is 0 Å². The third-order valence-electron chi connectivity index (χ3n) is 5.52. The minimum Gasteiger partial charge on any atom is -0.376 e. The average Bonchev–Trinajstić information content (AvgIpc) is 3.06. The molecule has 2 aromatic heterocycles. The summed E-state index contributed by atoms with van der Waals surface area (Å²) in [6.07, 6.45) is 3.88. The molecule has 0 bridgehead atoms. The van der Waals surface area contributed by atoms with E-state index in [2.05, 4.69) is 67.2 Å². The average molecular weight is 423 g/mol. The zero-order chi connectivity index (χ0) is 21.3. The molecular formula is C24H30N4OS. The molecule has 0 unspecified atom stereocenters. The second kappa shape index (κ2) is 8.26. The summed E-state index contributed by atoms with van der Waals surface area (Å²) in [6, 6.07) is 14.7. The molecule has 0 aliphatic carbocycles. The van der Waals surface area contributed by atoms with Gasteiger partial charge in [0.15, 0.2) is 0 Å². The van der Waals surface area contributed by atoms with Crippen molar-refractivity contribution < 1.29 is 0 Å². The minimum atomic E-state index is -0.244. The number of nitrogens with one attached hydrogen (secondary N) is 1. The van der Waals surface area contributed by atoms with Crippen LogP contribution in [0, 0.1) is 6.92 Å². The van der Waals surface area contributed by atoms with Gasteiger partial charge in [-0.15, -0.1) is 0 Å². The molecule has 0 spiro atoms. The van der Waals surface area contributed by atoms with E-state index in [1.54, 1.807) is 11.5 Å². The number of hydrogen-bond donors (Lipinski definition) is 1. The monoisotopic (exact) mass is 422 g/mol. The summed E-state index contributed by atoms with van der Waals surface area (Å²) < 4.78 is 1.89. The molecule has 4 rings (SSSR count). The van der Waals surface area contributed by atoms with Gasteiger partial charge in [-0.3, -0.25) is 8.75 Å². The maximum absolute atomic E-state index is 13.3. The third-order valence-corrected chi connectivity index (χ3v) is 7.03. The van der Waals surface area contributed by atoms with Crippen LogP contribution < -0.4 is 15.8 Å². The summed E-state index contributed by atoms with van der Waals surface area (Å²) in [4.78, 5) is 21.2. The van der Waals surface area contributed by atoms with Crippen molar-refractivity contribution in [3.63, 3.8) is 0 Å². The Kier molecular flexibility index (Phi) is 5.69. The van der Waals surface area contributed by atoms with Gasteiger partial charge in [0, 0.05) is 25.3 Å². The minimum absolute atomic E-state index is 0.0778. The SMILES string of the molecule is Cc1ccc(N2CCC(Nc3c(-c4ccccc4)sn(C(C)(C)C)c3=O)CC2)nc1. The van der Waals surface area contributed by atoms with E-state index in [0.29, 0.717) is 0 Å². The van der Waals surface area contributed by atoms with Crippen LogP contribution >= 0.6 is 11.5 Å². The lowest BCUT2D eigenvalue weighted by Gasteiger charge is -2.33. The van der Waals surface area contributed by atoms with Crippen molar-refractivity contribution >= 4 is 23.0 Å². The number of hydrogen-bond acceptors (Lipinski definition) is 5. The van der Waals surface area contributed by atoms with Crippen LogP contribution in [0.2, 0.25) is 0 Å². The molecule has 0 saturated carbocycles. The summed E-state index contributed by atoms with van der Waals surface area (Å²) in [5.74, 6) is 1.04. The lowest BCUT2D eigenvalue weighted by Crippen LogP contribution is -2.40. The highest BCUT2D eigenvalue weighted by molar-refractivity contribution is 7.11. The van der Waals surface area contributed by atoms with E-state index in [-0.39, 0.29) is 17.1 Å². The largest absolute Gasteiger partial charge is 0.376 e. The number of pyridine rings is 1. The predicted octanol–water partition coefficient (Wildman–Crippen LogP) is 5.12. The molecule has 1 aliphatic heterocycles. The summed E-state index contributed by atoms with van der Waals surface area (Å²) in [6.45, 7) is 10.2. The zero-order valence-electron chi connectivity index (χ0n) is 18.2. The highest BCUT2D eigenvalue weighted by Gasteiger charge is 2.27. The fourth-order valence-electron chi connectivity index (χ4n) is 3.84. The molecule has 1 fully saturated rings. The first-order chi connectivity index (χ1) is 14.3. The van der Waals surface area contributed by atoms with Gasteiger partial charge in [0.25, 0.3) is 5.56 Å². The van der Waals surface area contributed by atoms with Gasteiger partial charge < -0.3 is 10.2 Å². The van der Waals surface area contributed by atoms with Crippen LogP contribution in [0.1, 0.15) is 39.2 Å². The van der Waals surface area contributed by atoms with Gasteiger partial charge in [-0.2, -0.15) is 0 Å². The summed E-state index contributed by atoms with van der Waals surface area (Å²) >= 11 is 1.55. The number of aryl methyl sites for hydroxylation is 1. The predicted molar refractivity (Wildman–Crippen MR) is 127 cm³/mol. The first kappa shape index (κ1) is 20.7. The smallest absolute Gasteiger partial charge is 0.285 e. The van der Waals surface area contributed by atoms with Gasteiger partial charge >= 0.3 is 0 Å². The molecule has 0 radical (unpaired) electrons. The molecule has 1 aliphatic rings. The highest BCUT2D eigenvalue weighted by Crippen LogP contribution is 2.34. The summed E-state index contributed by atoms with van der Waals surface area (Å²) in [7, 11) is 0. The molecule has 158 valence electrons. The Hall–Kier alpha value is -2.60. The molecule has 3 aromatic rings. The van der Waals surface area contributed by atoms with Crippen molar-refractivity contribution in [2.24, 2.45) is 0 Å².